The summed E-state index contributed by atoms with van der Waals surface area (Å²) in [5, 5.41) is 32.7. The lowest BCUT2D eigenvalue weighted by molar-refractivity contribution is -0.398. The lowest BCUT2D eigenvalue weighted by Gasteiger charge is -2.09. The van der Waals surface area contributed by atoms with Gasteiger partial charge in [0.1, 0.15) is 11.1 Å². The summed E-state index contributed by atoms with van der Waals surface area (Å²) in [7, 11) is 0. The summed E-state index contributed by atoms with van der Waals surface area (Å²) in [5.74, 6) is -0.665. The van der Waals surface area contributed by atoms with Crippen LogP contribution in [0.2, 0.25) is 0 Å². The van der Waals surface area contributed by atoms with Crippen LogP contribution in [0.25, 0.3) is 0 Å². The molecule has 0 saturated heterocycles. The summed E-state index contributed by atoms with van der Waals surface area (Å²) in [6, 6.07) is 4.89. The molecule has 2 aromatic rings. The van der Waals surface area contributed by atoms with E-state index in [-0.39, 0.29) is 4.47 Å². The fourth-order valence-electron chi connectivity index (χ4n) is 2.70. The van der Waals surface area contributed by atoms with Crippen LogP contribution in [0, 0.1) is 21.4 Å². The van der Waals surface area contributed by atoms with Gasteiger partial charge in [0.2, 0.25) is 0 Å². The first-order valence-electron chi connectivity index (χ1n) is 7.25. The number of fused-ring (bicyclic) bond motifs is 1. The van der Waals surface area contributed by atoms with Crippen molar-refractivity contribution in [3.63, 3.8) is 0 Å². The number of nitrogens with zero attached hydrogens (tertiary/aromatic N) is 3. The lowest BCUT2D eigenvalue weighted by atomic mass is 9.96. The van der Waals surface area contributed by atoms with Crippen molar-refractivity contribution < 1.29 is 10.0 Å². The second-order valence-corrected chi connectivity index (χ2v) is 7.31. The molecule has 6 nitrogen and oxygen atoms in total. The standard InChI is InChI=1S/C16H12BrN3O3S/c17-12-5-9(6-13(15(12)21)20(22)23)8-19-16-11(7-18)10-3-1-2-4-14(10)24-16/h5-6,8,21H,1-4H2/p-1. The van der Waals surface area contributed by atoms with Crippen molar-refractivity contribution in [2.45, 2.75) is 25.7 Å². The number of aryl methyl sites for hydroxylation is 1. The Kier molecular flexibility index (Phi) is 4.64. The third-order valence-electron chi connectivity index (χ3n) is 3.84. The molecule has 0 saturated carbocycles. The molecular weight excluding hydrogens is 394 g/mol. The molecule has 0 fully saturated rings. The van der Waals surface area contributed by atoms with Crippen LogP contribution >= 0.6 is 27.3 Å². The molecule has 0 amide bonds. The second kappa shape index (κ2) is 6.71. The average molecular weight is 405 g/mol. The first-order valence-corrected chi connectivity index (χ1v) is 8.86. The minimum atomic E-state index is -0.713. The molecule has 1 aromatic carbocycles. The van der Waals surface area contributed by atoms with E-state index in [0.717, 1.165) is 31.2 Å². The zero-order valence-electron chi connectivity index (χ0n) is 12.4. The van der Waals surface area contributed by atoms with Gasteiger partial charge in [-0.2, -0.15) is 5.26 Å². The van der Waals surface area contributed by atoms with E-state index in [4.69, 9.17) is 0 Å². The van der Waals surface area contributed by atoms with Crippen LogP contribution in [0.1, 0.15) is 34.4 Å². The Bertz CT molecular complexity index is 899. The first kappa shape index (κ1) is 16.6. The maximum Gasteiger partial charge on any atom is 0.263 e. The van der Waals surface area contributed by atoms with E-state index in [2.05, 4.69) is 27.0 Å². The number of nitriles is 1. The highest BCUT2D eigenvalue weighted by molar-refractivity contribution is 9.10. The van der Waals surface area contributed by atoms with Crippen molar-refractivity contribution in [2.75, 3.05) is 0 Å². The van der Waals surface area contributed by atoms with E-state index in [1.807, 2.05) is 0 Å². The minimum Gasteiger partial charge on any atom is -0.867 e. The fourth-order valence-corrected chi connectivity index (χ4v) is 4.35. The van der Waals surface area contributed by atoms with Gasteiger partial charge < -0.3 is 5.11 Å². The van der Waals surface area contributed by atoms with Gasteiger partial charge in [0, 0.05) is 27.2 Å². The fraction of sp³-hybridized carbons (Fsp3) is 0.250. The van der Waals surface area contributed by atoms with Crippen LogP contribution in [0.3, 0.4) is 0 Å². The topological polar surface area (TPSA) is 102 Å². The van der Waals surface area contributed by atoms with Crippen LogP contribution < -0.4 is 5.11 Å². The Labute approximate surface area is 150 Å². The van der Waals surface area contributed by atoms with E-state index >= 15 is 0 Å². The highest BCUT2D eigenvalue weighted by Crippen LogP contribution is 2.39. The third kappa shape index (κ3) is 3.05. The summed E-state index contributed by atoms with van der Waals surface area (Å²) in [4.78, 5) is 15.8. The highest BCUT2D eigenvalue weighted by atomic mass is 79.9. The predicted octanol–water partition coefficient (Wildman–Crippen LogP) is 3.99. The van der Waals surface area contributed by atoms with Crippen molar-refractivity contribution in [1.82, 2.24) is 0 Å². The summed E-state index contributed by atoms with van der Waals surface area (Å²) >= 11 is 4.53. The van der Waals surface area contributed by atoms with Crippen molar-refractivity contribution in [3.8, 4) is 11.8 Å². The number of hydrogen-bond acceptors (Lipinski definition) is 6. The van der Waals surface area contributed by atoms with E-state index in [1.165, 1.54) is 34.6 Å². The molecule has 3 rings (SSSR count). The smallest absolute Gasteiger partial charge is 0.263 e. The van der Waals surface area contributed by atoms with Gasteiger partial charge in [-0.15, -0.1) is 11.3 Å². The second-order valence-electron chi connectivity index (χ2n) is 5.37. The van der Waals surface area contributed by atoms with Crippen LogP contribution in [0.15, 0.2) is 21.6 Å². The van der Waals surface area contributed by atoms with Gasteiger partial charge in [-0.25, -0.2) is 4.99 Å². The van der Waals surface area contributed by atoms with Gasteiger partial charge in [0.05, 0.1) is 10.5 Å². The number of rotatable bonds is 3. The molecule has 0 aliphatic heterocycles. The van der Waals surface area contributed by atoms with Gasteiger partial charge in [0.15, 0.2) is 0 Å². The molecule has 1 heterocycles. The normalized spacial score (nSPS) is 13.7. The molecule has 0 unspecified atom stereocenters. The third-order valence-corrected chi connectivity index (χ3v) is 5.63. The summed E-state index contributed by atoms with van der Waals surface area (Å²) in [6.07, 6.45) is 5.50. The van der Waals surface area contributed by atoms with Crippen molar-refractivity contribution in [1.29, 1.82) is 5.26 Å². The van der Waals surface area contributed by atoms with Crippen molar-refractivity contribution in [2.24, 2.45) is 4.99 Å². The van der Waals surface area contributed by atoms with E-state index in [0.29, 0.717) is 16.1 Å². The van der Waals surface area contributed by atoms with Crippen LogP contribution in [0.4, 0.5) is 10.7 Å². The molecule has 8 heteroatoms. The molecule has 1 aliphatic rings. The quantitative estimate of drug-likeness (QED) is 0.438. The summed E-state index contributed by atoms with van der Waals surface area (Å²) in [5.41, 5.74) is 1.61. The van der Waals surface area contributed by atoms with Gasteiger partial charge in [-0.1, -0.05) is 15.9 Å². The SMILES string of the molecule is N#Cc1c(N=Cc2cc(Br)c([O-])c([N+](=O)[O-])c2)sc2c1CCCC2. The number of nitro benzene ring substituents is 1. The molecule has 0 spiro atoms. The molecular formula is C16H11BrN3O3S-. The number of thiophene rings is 1. The zero-order valence-corrected chi connectivity index (χ0v) is 14.8. The van der Waals surface area contributed by atoms with E-state index in [1.54, 1.807) is 0 Å². The lowest BCUT2D eigenvalue weighted by Crippen LogP contribution is -2.00. The average Bonchev–Trinajstić information content (AvgIpc) is 2.92. The van der Waals surface area contributed by atoms with Gasteiger partial charge in [0.25, 0.3) is 5.69 Å². The molecule has 0 N–H and O–H groups in total. The number of hydrogen-bond donors (Lipinski definition) is 0. The minimum absolute atomic E-state index is 0.115. The molecule has 0 bridgehead atoms. The number of benzene rings is 1. The number of aliphatic imine (C=N–C) groups is 1. The Morgan fingerprint density at radius 1 is 1.38 bits per heavy atom. The molecule has 122 valence electrons. The molecule has 1 aliphatic carbocycles. The maximum atomic E-state index is 11.7. The highest BCUT2D eigenvalue weighted by Gasteiger charge is 2.20. The molecule has 0 radical (unpaired) electrons. The largest absolute Gasteiger partial charge is 0.867 e. The summed E-state index contributed by atoms with van der Waals surface area (Å²) < 4.78 is 0.115. The Morgan fingerprint density at radius 2 is 2.12 bits per heavy atom. The number of nitro groups is 1. The Hall–Kier alpha value is -2.24. The molecule has 1 aromatic heterocycles. The van der Waals surface area contributed by atoms with E-state index in [9.17, 15) is 20.5 Å². The van der Waals surface area contributed by atoms with Crippen LogP contribution in [0.5, 0.6) is 5.75 Å². The maximum absolute atomic E-state index is 11.7. The van der Waals surface area contributed by atoms with Gasteiger partial charge >= 0.3 is 0 Å². The zero-order chi connectivity index (χ0) is 17.3. The predicted molar refractivity (Wildman–Crippen MR) is 93.2 cm³/mol. The number of halogens is 1. The van der Waals surface area contributed by atoms with Crippen LogP contribution in [-0.4, -0.2) is 11.1 Å². The summed E-state index contributed by atoms with van der Waals surface area (Å²) in [6.45, 7) is 0. The monoisotopic (exact) mass is 404 g/mol. The van der Waals surface area contributed by atoms with Gasteiger partial charge in [-0.3, -0.25) is 10.1 Å². The molecule has 24 heavy (non-hydrogen) atoms. The molecule has 0 atom stereocenters. The Balaban J connectivity index is 1.99. The van der Waals surface area contributed by atoms with Crippen molar-refractivity contribution in [3.05, 3.63) is 48.3 Å². The Morgan fingerprint density at radius 3 is 2.83 bits per heavy atom. The first-order chi connectivity index (χ1) is 11.5. The van der Waals surface area contributed by atoms with Crippen LogP contribution in [-0.2, 0) is 12.8 Å². The van der Waals surface area contributed by atoms with Gasteiger partial charge in [-0.05, 0) is 43.1 Å². The van der Waals surface area contributed by atoms with Crippen molar-refractivity contribution >= 4 is 44.2 Å². The van der Waals surface area contributed by atoms with E-state index < -0.39 is 16.4 Å².